The van der Waals surface area contributed by atoms with E-state index in [0.717, 1.165) is 16.7 Å². The van der Waals surface area contributed by atoms with Crippen LogP contribution in [0.1, 0.15) is 44.4 Å². The molecule has 38 heavy (non-hydrogen) atoms. The second-order valence-corrected chi connectivity index (χ2v) is 10.3. The molecule has 0 aliphatic carbocycles. The maximum absolute atomic E-state index is 13.8. The zero-order chi connectivity index (χ0) is 27.0. The van der Waals surface area contributed by atoms with Gasteiger partial charge >= 0.3 is 0 Å². The summed E-state index contributed by atoms with van der Waals surface area (Å²) in [6.45, 7) is 5.71. The molecule has 2 aromatic heterocycles. The molecule has 0 bridgehead atoms. The number of rotatable bonds is 7. The number of benzene rings is 1. The zero-order valence-corrected chi connectivity index (χ0v) is 21.5. The number of likely N-dealkylation sites (tertiary alicyclic amines) is 1. The van der Waals surface area contributed by atoms with Gasteiger partial charge in [0.05, 0.1) is 12.1 Å². The Morgan fingerprint density at radius 2 is 2.03 bits per heavy atom. The number of nitrogens with zero attached hydrogens (tertiary/aromatic N) is 4. The third-order valence-electron chi connectivity index (χ3n) is 7.30. The molecule has 191 valence electrons. The summed E-state index contributed by atoms with van der Waals surface area (Å²) in [4.78, 5) is 37.6. The molecule has 2 amide bonds. The number of aliphatic hydroxyl groups is 1. The lowest BCUT2D eigenvalue weighted by Gasteiger charge is -2.29. The molecule has 1 fully saturated rings. The Morgan fingerprint density at radius 1 is 1.26 bits per heavy atom. The fourth-order valence-electron chi connectivity index (χ4n) is 5.19. The molecule has 2 aliphatic heterocycles. The number of amidine groups is 1. The van der Waals surface area contributed by atoms with E-state index in [1.54, 1.807) is 30.3 Å². The Bertz CT molecular complexity index is 1360. The normalized spacial score (nSPS) is 23.9. The minimum absolute atomic E-state index is 0.108. The van der Waals surface area contributed by atoms with Crippen LogP contribution in [0.25, 0.3) is 11.1 Å². The summed E-state index contributed by atoms with van der Waals surface area (Å²) in [6.07, 6.45) is 3.02. The van der Waals surface area contributed by atoms with Crippen LogP contribution in [0.5, 0.6) is 0 Å². The van der Waals surface area contributed by atoms with Gasteiger partial charge in [-0.05, 0) is 41.7 Å². The van der Waals surface area contributed by atoms with Crippen molar-refractivity contribution in [2.45, 2.75) is 50.8 Å². The Morgan fingerprint density at radius 3 is 2.66 bits per heavy atom. The van der Waals surface area contributed by atoms with Gasteiger partial charge in [-0.3, -0.25) is 14.6 Å². The van der Waals surface area contributed by atoms with Crippen LogP contribution in [-0.4, -0.2) is 71.4 Å². The van der Waals surface area contributed by atoms with Crippen molar-refractivity contribution in [1.82, 2.24) is 20.4 Å². The second kappa shape index (κ2) is 10.2. The summed E-state index contributed by atoms with van der Waals surface area (Å²) in [5, 5.41) is 17.3. The minimum atomic E-state index is -1.17. The van der Waals surface area contributed by atoms with Crippen LogP contribution in [0.3, 0.4) is 0 Å². The summed E-state index contributed by atoms with van der Waals surface area (Å²) < 4.78 is 5.42. The average molecular weight is 508 g/mol. The van der Waals surface area contributed by atoms with Crippen LogP contribution in [0, 0.1) is 5.92 Å². The fourth-order valence-corrected chi connectivity index (χ4v) is 5.19. The standard InChI is InChI=1S/C27H28B2N5O4/c1-15(2)23(21-12-22(29-28)33-38-21)25(36)34-14-19(35)11-20(34)24-31-26(37)27(3,32-24)18-8-6-16(7-9-18)17-5-4-10-30-13-17/h4-10,12-13,15,19-20,23,35H,11,14H2,1-3H3,(H,31,32,37). The number of carbonyl (C=O) groups is 2. The highest BCUT2D eigenvalue weighted by Gasteiger charge is 2.48. The van der Waals surface area contributed by atoms with Gasteiger partial charge in [-0.1, -0.05) is 49.3 Å². The van der Waals surface area contributed by atoms with E-state index in [2.05, 4.69) is 15.5 Å². The maximum Gasteiger partial charge on any atom is 0.257 e. The number of hydrogen-bond acceptors (Lipinski definition) is 7. The molecule has 4 atom stereocenters. The number of aliphatic hydroxyl groups excluding tert-OH is 1. The van der Waals surface area contributed by atoms with E-state index in [-0.39, 0.29) is 30.7 Å². The summed E-state index contributed by atoms with van der Waals surface area (Å²) in [7, 11) is 6.86. The molecule has 0 spiro atoms. The van der Waals surface area contributed by atoms with E-state index in [4.69, 9.17) is 17.3 Å². The lowest BCUT2D eigenvalue weighted by atomic mass is 9.53. The predicted molar refractivity (Wildman–Crippen MR) is 144 cm³/mol. The monoisotopic (exact) mass is 508 g/mol. The van der Waals surface area contributed by atoms with Crippen molar-refractivity contribution in [2.24, 2.45) is 10.9 Å². The van der Waals surface area contributed by atoms with Crippen LogP contribution in [0.15, 0.2) is 64.4 Å². The number of nitrogens with one attached hydrogen (secondary N) is 1. The third kappa shape index (κ3) is 4.67. The molecular weight excluding hydrogens is 480 g/mol. The molecule has 4 unspecified atom stereocenters. The Kier molecular flexibility index (Phi) is 6.96. The molecule has 1 saturated heterocycles. The van der Waals surface area contributed by atoms with Gasteiger partial charge in [0.25, 0.3) is 5.91 Å². The summed E-state index contributed by atoms with van der Waals surface area (Å²) >= 11 is 0. The van der Waals surface area contributed by atoms with Crippen LogP contribution in [-0.2, 0) is 15.1 Å². The first-order chi connectivity index (χ1) is 18.2. The zero-order valence-electron chi connectivity index (χ0n) is 21.5. The number of amides is 2. The molecule has 2 N–H and O–H groups in total. The lowest BCUT2D eigenvalue weighted by molar-refractivity contribution is -0.134. The van der Waals surface area contributed by atoms with Crippen molar-refractivity contribution in [3.63, 3.8) is 0 Å². The number of carbonyl (C=O) groups excluding carboxylic acids is 2. The molecule has 11 heteroatoms. The van der Waals surface area contributed by atoms with Gasteiger partial charge in [-0.25, -0.2) is 4.99 Å². The maximum atomic E-state index is 13.8. The molecule has 3 radical (unpaired) electrons. The first-order valence-electron chi connectivity index (χ1n) is 12.6. The van der Waals surface area contributed by atoms with Gasteiger partial charge < -0.3 is 19.8 Å². The number of pyridine rings is 1. The van der Waals surface area contributed by atoms with E-state index in [1.807, 2.05) is 50.2 Å². The third-order valence-corrected chi connectivity index (χ3v) is 7.30. The molecule has 9 nitrogen and oxygen atoms in total. The van der Waals surface area contributed by atoms with Crippen molar-refractivity contribution in [2.75, 3.05) is 6.54 Å². The van der Waals surface area contributed by atoms with Crippen molar-refractivity contribution in [3.8, 4) is 11.1 Å². The topological polar surface area (TPSA) is 121 Å². The average Bonchev–Trinajstić information content (AvgIpc) is 3.62. The van der Waals surface area contributed by atoms with Gasteiger partial charge in [0.1, 0.15) is 24.7 Å². The minimum Gasteiger partial charge on any atom is -0.391 e. The first-order valence-corrected chi connectivity index (χ1v) is 12.6. The van der Waals surface area contributed by atoms with E-state index in [1.165, 1.54) is 7.17 Å². The molecule has 5 rings (SSSR count). The van der Waals surface area contributed by atoms with Crippen LogP contribution >= 0.6 is 0 Å². The van der Waals surface area contributed by atoms with E-state index < -0.39 is 23.6 Å². The summed E-state index contributed by atoms with van der Waals surface area (Å²) in [5.41, 5.74) is 1.95. The van der Waals surface area contributed by atoms with Gasteiger partial charge in [0.2, 0.25) is 5.91 Å². The highest BCUT2D eigenvalue weighted by molar-refractivity contribution is 6.97. The Balaban J connectivity index is 1.42. The first kappa shape index (κ1) is 25.9. The molecule has 1 aromatic carbocycles. The number of β-amino-alcohol motifs (C(OH)–C–C–N with tert-alkyl or cyclic N) is 1. The number of hydrogen-bond donors (Lipinski definition) is 2. The van der Waals surface area contributed by atoms with Crippen LogP contribution in [0.2, 0.25) is 0 Å². The lowest BCUT2D eigenvalue weighted by Crippen LogP contribution is -2.48. The van der Waals surface area contributed by atoms with Gasteiger partial charge in [-0.2, -0.15) is 0 Å². The molecule has 3 aromatic rings. The molecular formula is C27H28B2N5O4. The number of aliphatic imine (C=N–C) groups is 1. The van der Waals surface area contributed by atoms with Crippen LogP contribution in [0.4, 0.5) is 0 Å². The summed E-state index contributed by atoms with van der Waals surface area (Å²) in [6, 6.07) is 12.5. The van der Waals surface area contributed by atoms with Crippen molar-refractivity contribution in [1.29, 1.82) is 0 Å². The smallest absolute Gasteiger partial charge is 0.257 e. The fraction of sp³-hybridized carbons (Fsp3) is 0.370. The molecule has 2 aliphatic rings. The quantitative estimate of drug-likeness (QED) is 0.465. The second-order valence-electron chi connectivity index (χ2n) is 10.3. The Labute approximate surface area is 223 Å². The number of aromatic nitrogens is 2. The highest BCUT2D eigenvalue weighted by Crippen LogP contribution is 2.35. The Hall–Kier alpha value is -3.72. The summed E-state index contributed by atoms with van der Waals surface area (Å²) in [5.74, 6) is -0.481. The molecule has 0 saturated carbocycles. The molecule has 4 heterocycles. The van der Waals surface area contributed by atoms with Gasteiger partial charge in [-0.15, -0.1) is 0 Å². The van der Waals surface area contributed by atoms with Crippen molar-refractivity contribution >= 4 is 38.2 Å². The SMILES string of the molecule is [B][B]c1cc(C(C(=O)N2CC(O)CC2C2=NC(C)(c3ccc(-c4cccnc4)cc3)C(=O)N2)C(C)C)on1. The predicted octanol–water partition coefficient (Wildman–Crippen LogP) is 1.29. The highest BCUT2D eigenvalue weighted by atomic mass is 16.5. The van der Waals surface area contributed by atoms with Crippen molar-refractivity contribution < 1.29 is 19.2 Å². The van der Waals surface area contributed by atoms with E-state index >= 15 is 0 Å². The van der Waals surface area contributed by atoms with Gasteiger partial charge in [0, 0.05) is 38.7 Å². The van der Waals surface area contributed by atoms with Crippen LogP contribution < -0.4 is 10.9 Å². The van der Waals surface area contributed by atoms with E-state index in [9.17, 15) is 14.7 Å². The largest absolute Gasteiger partial charge is 0.391 e. The van der Waals surface area contributed by atoms with Crippen molar-refractivity contribution in [3.05, 3.63) is 66.2 Å². The van der Waals surface area contributed by atoms with E-state index in [0.29, 0.717) is 17.2 Å². The van der Waals surface area contributed by atoms with Gasteiger partial charge in [0.15, 0.2) is 5.54 Å².